The predicted molar refractivity (Wildman–Crippen MR) is 388 cm³/mol. The lowest BCUT2D eigenvalue weighted by Crippen LogP contribution is -2.62. The maximum atomic E-state index is 2.67. The first-order valence-corrected chi connectivity index (χ1v) is 32.2. The van der Waals surface area contributed by atoms with Crippen molar-refractivity contribution < 1.29 is 0 Å². The van der Waals surface area contributed by atoms with E-state index in [0.29, 0.717) is 0 Å². The molecule has 11 aromatic carbocycles. The van der Waals surface area contributed by atoms with Crippen LogP contribution in [0.4, 0.5) is 51.2 Å². The highest BCUT2D eigenvalue weighted by Crippen LogP contribution is 2.53. The summed E-state index contributed by atoms with van der Waals surface area (Å²) in [5, 5.41) is 1.24. The summed E-state index contributed by atoms with van der Waals surface area (Å²) in [5.74, 6) is 0. The summed E-state index contributed by atoms with van der Waals surface area (Å²) in [4.78, 5) is 7.79. The van der Waals surface area contributed by atoms with E-state index in [2.05, 4.69) is 364 Å². The van der Waals surface area contributed by atoms with Crippen LogP contribution in [0.2, 0.25) is 0 Å². The van der Waals surface area contributed by atoms with Gasteiger partial charge in [-0.3, -0.25) is 0 Å². The van der Waals surface area contributed by atoms with E-state index in [1.165, 1.54) is 94.4 Å². The van der Waals surface area contributed by atoms with Crippen molar-refractivity contribution in [2.45, 2.75) is 105 Å². The van der Waals surface area contributed by atoms with Crippen LogP contribution in [0.3, 0.4) is 0 Å². The van der Waals surface area contributed by atoms with E-state index >= 15 is 0 Å². The van der Waals surface area contributed by atoms with Crippen molar-refractivity contribution in [2.75, 3.05) is 14.7 Å². The maximum Gasteiger partial charge on any atom is 0.272 e. The summed E-state index contributed by atoms with van der Waals surface area (Å²) < 4.78 is 2.53. The first-order valence-electron chi connectivity index (χ1n) is 32.2. The minimum atomic E-state index is -0.186. The van der Waals surface area contributed by atoms with Crippen LogP contribution >= 0.6 is 0 Å². The second-order valence-electron chi connectivity index (χ2n) is 29.1. The van der Waals surface area contributed by atoms with E-state index in [4.69, 9.17) is 0 Å². The number of hydrogen-bond acceptors (Lipinski definition) is 3. The van der Waals surface area contributed by atoms with Gasteiger partial charge in [-0.05, 0) is 167 Å². The van der Waals surface area contributed by atoms with Gasteiger partial charge in [-0.25, -0.2) is 0 Å². The van der Waals surface area contributed by atoms with Crippen LogP contribution in [-0.2, 0) is 28.7 Å². The molecule has 3 heterocycles. The molecule has 0 saturated carbocycles. The van der Waals surface area contributed by atoms with Crippen molar-refractivity contribution in [1.82, 2.24) is 4.57 Å². The van der Waals surface area contributed by atoms with E-state index in [1.54, 1.807) is 0 Å². The second-order valence-corrected chi connectivity index (χ2v) is 29.1. The van der Waals surface area contributed by atoms with Crippen LogP contribution in [0.5, 0.6) is 0 Å². The highest BCUT2D eigenvalue weighted by molar-refractivity contribution is 7.00. The van der Waals surface area contributed by atoms with Gasteiger partial charge in [0.15, 0.2) is 0 Å². The van der Waals surface area contributed by atoms with E-state index in [9.17, 15) is 0 Å². The molecule has 0 amide bonds. The third-order valence-corrected chi connectivity index (χ3v) is 19.0. The molecule has 444 valence electrons. The van der Waals surface area contributed by atoms with Crippen molar-refractivity contribution in [3.63, 3.8) is 0 Å². The molecule has 0 N–H and O–H groups in total. The molecule has 2 aliphatic heterocycles. The standard InChI is InChI=1S/C85H81BN4/c1-82(2,3)60-37-43-64(44-38-60)88(74-35-25-23-33-68(74)57-29-19-15-20-30-57)66-47-49-72-76(55-66)89(65-45-39-61(40-46-65)83(4,5)6)77-51-59(70-53-62(84(7,8)9)41-48-67(70)56-27-17-14-18-28-56)52-78-79(77)86(72)81-80(71-54-63(85(10,11)12)42-50-73(71)87(81)13)90(78)75-36-26-24-34-69(75)58-31-21-16-22-32-58/h14-55H,1-13H3. The number of benzene rings is 11. The number of hydrogen-bond donors (Lipinski definition) is 0. The van der Waals surface area contributed by atoms with Gasteiger partial charge >= 0.3 is 0 Å². The quantitative estimate of drug-likeness (QED) is 0.134. The van der Waals surface area contributed by atoms with Crippen molar-refractivity contribution >= 4 is 85.3 Å². The monoisotopic (exact) mass is 1170 g/mol. The Labute approximate surface area is 534 Å². The number of para-hydroxylation sites is 2. The Hall–Kier alpha value is -9.58. The van der Waals surface area contributed by atoms with Gasteiger partial charge in [-0.1, -0.05) is 259 Å². The summed E-state index contributed by atoms with van der Waals surface area (Å²) in [6.07, 6.45) is 0. The Bertz CT molecular complexity index is 4680. The first kappa shape index (κ1) is 58.1. The van der Waals surface area contributed by atoms with E-state index in [0.717, 1.165) is 50.9 Å². The fourth-order valence-corrected chi connectivity index (χ4v) is 14.1. The van der Waals surface area contributed by atoms with Crippen molar-refractivity contribution in [1.29, 1.82) is 0 Å². The van der Waals surface area contributed by atoms with Gasteiger partial charge in [0, 0.05) is 68.8 Å². The zero-order valence-electron chi connectivity index (χ0n) is 54.6. The van der Waals surface area contributed by atoms with Crippen LogP contribution in [0.15, 0.2) is 255 Å². The number of aromatic nitrogens is 1. The van der Waals surface area contributed by atoms with Crippen molar-refractivity contribution in [3.05, 3.63) is 277 Å². The van der Waals surface area contributed by atoms with E-state index in [1.807, 2.05) is 0 Å². The number of nitrogens with zero attached hydrogens (tertiary/aromatic N) is 4. The molecule has 0 aliphatic carbocycles. The largest absolute Gasteiger partial charge is 0.353 e. The van der Waals surface area contributed by atoms with Crippen LogP contribution in [0, 0.1) is 0 Å². The molecule has 0 radical (unpaired) electrons. The molecule has 4 nitrogen and oxygen atoms in total. The third-order valence-electron chi connectivity index (χ3n) is 19.0. The van der Waals surface area contributed by atoms with Crippen molar-refractivity contribution in [2.24, 2.45) is 7.05 Å². The van der Waals surface area contributed by atoms with Gasteiger partial charge in [0.2, 0.25) is 0 Å². The summed E-state index contributed by atoms with van der Waals surface area (Å²) in [5.41, 5.74) is 29.5. The number of anilines is 9. The molecule has 0 saturated heterocycles. The molecule has 0 spiro atoms. The van der Waals surface area contributed by atoms with Gasteiger partial charge in [-0.2, -0.15) is 0 Å². The maximum absolute atomic E-state index is 2.67. The molecule has 0 bridgehead atoms. The molecule has 2 aliphatic rings. The Kier molecular flexibility index (Phi) is 14.1. The molecule has 12 aromatic rings. The zero-order chi connectivity index (χ0) is 62.6. The highest BCUT2D eigenvalue weighted by atomic mass is 15.2. The lowest BCUT2D eigenvalue weighted by atomic mass is 9.35. The molecular formula is C85H81BN4. The predicted octanol–water partition coefficient (Wildman–Crippen LogP) is 21.6. The van der Waals surface area contributed by atoms with E-state index in [-0.39, 0.29) is 28.4 Å². The average Bonchev–Trinajstić information content (AvgIpc) is 1.15. The summed E-state index contributed by atoms with van der Waals surface area (Å²) in [6.45, 7) is 27.7. The molecule has 0 fully saturated rings. The Morgan fingerprint density at radius 2 is 0.811 bits per heavy atom. The fraction of sp³-hybridized carbons (Fsp3) is 0.200. The molecule has 1 aromatic heterocycles. The smallest absolute Gasteiger partial charge is 0.272 e. The zero-order valence-corrected chi connectivity index (χ0v) is 54.6. The van der Waals surface area contributed by atoms with Crippen molar-refractivity contribution in [3.8, 4) is 44.5 Å². The minimum Gasteiger partial charge on any atom is -0.353 e. The van der Waals surface area contributed by atoms with Gasteiger partial charge in [-0.15, -0.1) is 0 Å². The van der Waals surface area contributed by atoms with Crippen LogP contribution in [-0.4, -0.2) is 11.3 Å². The Morgan fingerprint density at radius 3 is 1.41 bits per heavy atom. The molecule has 0 atom stereocenters. The van der Waals surface area contributed by atoms with Gasteiger partial charge in [0.05, 0.1) is 17.1 Å². The topological polar surface area (TPSA) is 14.7 Å². The lowest BCUT2D eigenvalue weighted by Gasteiger charge is -2.44. The van der Waals surface area contributed by atoms with Crippen LogP contribution in [0.25, 0.3) is 55.4 Å². The van der Waals surface area contributed by atoms with Crippen LogP contribution in [0.1, 0.15) is 105 Å². The molecule has 90 heavy (non-hydrogen) atoms. The van der Waals surface area contributed by atoms with E-state index < -0.39 is 0 Å². The molecule has 0 unspecified atom stereocenters. The average molecular weight is 1170 g/mol. The fourth-order valence-electron chi connectivity index (χ4n) is 14.1. The molecule has 14 rings (SSSR count). The van der Waals surface area contributed by atoms with Crippen LogP contribution < -0.4 is 31.2 Å². The Balaban J connectivity index is 1.14. The normalized spacial score (nSPS) is 13.1. The molecular weight excluding hydrogens is 1090 g/mol. The van der Waals surface area contributed by atoms with Gasteiger partial charge in [0.25, 0.3) is 6.71 Å². The minimum absolute atomic E-state index is 0.0186. The third kappa shape index (κ3) is 10.1. The summed E-state index contributed by atoms with van der Waals surface area (Å²) >= 11 is 0. The Morgan fingerprint density at radius 1 is 0.333 bits per heavy atom. The molecule has 5 heteroatoms. The number of fused-ring (bicyclic) bond motifs is 6. The summed E-state index contributed by atoms with van der Waals surface area (Å²) in [6, 6.07) is 96.6. The summed E-state index contributed by atoms with van der Waals surface area (Å²) in [7, 11) is 2.32. The number of rotatable bonds is 9. The van der Waals surface area contributed by atoms with Gasteiger partial charge < -0.3 is 19.3 Å². The SMILES string of the molecule is Cn1c2c(c3cc(C(C)(C)C)ccc31)N(c1ccccc1-c1ccccc1)c1cc(-c3cc(C(C)(C)C)ccc3-c3ccccc3)cc3c1B2c1ccc(N(c2ccc(C(C)(C)C)cc2)c2ccccc2-c2ccccc2)cc1N3c1ccc(C(C)(C)C)cc1. The number of aryl methyl sites for hydroxylation is 1. The first-order chi connectivity index (χ1) is 43.1. The second kappa shape index (κ2) is 21.9. The highest BCUT2D eigenvalue weighted by Gasteiger charge is 2.47. The van der Waals surface area contributed by atoms with Gasteiger partial charge in [0.1, 0.15) is 0 Å². The lowest BCUT2D eigenvalue weighted by molar-refractivity contribution is 0.590.